The average Bonchev–Trinajstić information content (AvgIpc) is 3.84. The van der Waals surface area contributed by atoms with Gasteiger partial charge in [-0.25, -0.2) is 0 Å². The molecule has 6 aromatic carbocycles. The number of fused-ring (bicyclic) bond motifs is 2. The number of imidazole rings is 1. The first-order valence-corrected chi connectivity index (χ1v) is 18.3. The molecule has 5 heteroatoms. The molecule has 0 unspecified atom stereocenters. The van der Waals surface area contributed by atoms with Gasteiger partial charge in [-0.15, -0.1) is 35.4 Å². The number of hydrogen-bond donors (Lipinski definition) is 0. The van der Waals surface area contributed by atoms with Crippen LogP contribution in [0.25, 0.3) is 72.6 Å². The minimum atomic E-state index is -2.18. The van der Waals surface area contributed by atoms with E-state index in [0.29, 0.717) is 11.3 Å². The zero-order valence-electron chi connectivity index (χ0n) is 37.3. The van der Waals surface area contributed by atoms with E-state index in [-0.39, 0.29) is 36.6 Å². The molecule has 279 valence electrons. The van der Waals surface area contributed by atoms with Crippen LogP contribution in [-0.2, 0) is 26.5 Å². The van der Waals surface area contributed by atoms with Crippen LogP contribution in [0.15, 0.2) is 162 Å². The Morgan fingerprint density at radius 2 is 1.39 bits per heavy atom. The molecule has 0 aliphatic carbocycles. The van der Waals surface area contributed by atoms with Gasteiger partial charge in [-0.1, -0.05) is 165 Å². The molecule has 0 aliphatic heterocycles. The summed E-state index contributed by atoms with van der Waals surface area (Å²) in [5, 5.41) is 1.03. The zero-order valence-corrected chi connectivity index (χ0v) is 33.7. The predicted molar refractivity (Wildman–Crippen MR) is 227 cm³/mol. The molecule has 0 saturated carbocycles. The summed E-state index contributed by atoms with van der Waals surface area (Å²) in [5.74, 6) is 0.818. The van der Waals surface area contributed by atoms with Crippen LogP contribution in [0.5, 0.6) is 0 Å². The van der Waals surface area contributed by atoms with Gasteiger partial charge in [0.1, 0.15) is 0 Å². The largest absolute Gasteiger partial charge is 0.557 e. The maximum absolute atomic E-state index is 7.28. The van der Waals surface area contributed by atoms with Gasteiger partial charge in [-0.2, -0.15) is 0 Å². The molecule has 4 nitrogen and oxygen atoms in total. The number of aryl methyl sites for hydroxylation is 2. The van der Waals surface area contributed by atoms with Crippen LogP contribution >= 0.6 is 0 Å². The van der Waals surface area contributed by atoms with E-state index in [1.807, 2.05) is 6.07 Å². The van der Waals surface area contributed by atoms with Crippen LogP contribution in [0.4, 0.5) is 0 Å². The molecule has 56 heavy (non-hydrogen) atoms. The Kier molecular flexibility index (Phi) is 9.22. The average molecular weight is 912 g/mol. The molecular weight excluding hydrogens is 863 g/mol. The third kappa shape index (κ3) is 8.21. The fraction of sp³-hybridized carbons (Fsp3) is 0.137. The zero-order chi connectivity index (χ0) is 42.9. The molecular formula is C51H43IrN3O-2. The van der Waals surface area contributed by atoms with E-state index in [9.17, 15) is 0 Å². The second-order valence-corrected chi connectivity index (χ2v) is 14.8. The molecule has 1 radical (unpaired) electrons. The summed E-state index contributed by atoms with van der Waals surface area (Å²) in [5.41, 5.74) is 12.3. The van der Waals surface area contributed by atoms with Crippen LogP contribution in [0.3, 0.4) is 0 Å². The van der Waals surface area contributed by atoms with Gasteiger partial charge in [0.2, 0.25) is 0 Å². The third-order valence-corrected chi connectivity index (χ3v) is 9.38. The smallest absolute Gasteiger partial charge is 0.0774 e. The van der Waals surface area contributed by atoms with E-state index < -0.39 is 13.7 Å². The fourth-order valence-corrected chi connectivity index (χ4v) is 6.95. The van der Waals surface area contributed by atoms with Crippen molar-refractivity contribution < 1.29 is 32.7 Å². The molecule has 0 saturated heterocycles. The van der Waals surface area contributed by atoms with Crippen molar-refractivity contribution >= 4 is 22.0 Å². The molecule has 0 aliphatic rings. The summed E-state index contributed by atoms with van der Waals surface area (Å²) in [6.07, 6.45) is 5.52. The molecule has 0 amide bonds. The van der Waals surface area contributed by atoms with Crippen molar-refractivity contribution in [3.8, 4) is 50.6 Å². The molecule has 0 atom stereocenters. The number of benzene rings is 6. The van der Waals surface area contributed by atoms with Gasteiger partial charge in [-0.05, 0) is 53.2 Å². The number of furan rings is 1. The Morgan fingerprint density at radius 3 is 2.02 bits per heavy atom. The van der Waals surface area contributed by atoms with Gasteiger partial charge in [0.05, 0.1) is 22.5 Å². The van der Waals surface area contributed by atoms with Crippen LogP contribution in [0.1, 0.15) is 45.7 Å². The number of rotatable bonds is 6. The Balaban J connectivity index is 0.000000233. The SMILES string of the molecule is CC(C)(C)Cc1ccc2o[c-]c(-c3nc4ccccc4n3-c3c(-c4ccccc4)cccc3-c3ccccc3)c2c1.[2H]C([2H])([2H])c1c[c-]c(-c2ccc(C([2H])([2H])[2H])cn2)cc1.[Ir]. The normalized spacial score (nSPS) is 13.3. The van der Waals surface area contributed by atoms with Crippen LogP contribution in [-0.4, -0.2) is 14.5 Å². The standard InChI is InChI=1S/C38H31N2O.C13H12N.Ir/c1-38(2,3)24-26-21-22-35-31(23-26)32(25-41-35)37-39-33-19-10-11-20-34(33)40(37)36-29(27-13-6-4-7-14-27)17-12-18-30(36)28-15-8-5-9-16-28;1-10-3-6-12(7-4-10)13-8-5-11(2)9-14-13;/h4-23H,24H2,1-3H3;3-6,8-9H,1-2H3;/q2*-1;/i;1D3,2D3;. The topological polar surface area (TPSA) is 43.9 Å². The van der Waals surface area contributed by atoms with Crippen molar-refractivity contribution in [1.82, 2.24) is 14.5 Å². The van der Waals surface area contributed by atoms with Crippen LogP contribution in [0.2, 0.25) is 0 Å². The van der Waals surface area contributed by atoms with Gasteiger partial charge in [0.25, 0.3) is 0 Å². The number of hydrogen-bond acceptors (Lipinski definition) is 3. The van der Waals surface area contributed by atoms with Gasteiger partial charge in [0, 0.05) is 57.5 Å². The van der Waals surface area contributed by atoms with Crippen molar-refractivity contribution in [3.63, 3.8) is 0 Å². The number of pyridine rings is 1. The molecule has 9 aromatic rings. The third-order valence-electron chi connectivity index (χ3n) is 9.38. The van der Waals surface area contributed by atoms with E-state index in [1.54, 1.807) is 12.1 Å². The summed E-state index contributed by atoms with van der Waals surface area (Å²) in [6.45, 7) is 2.47. The molecule has 3 aromatic heterocycles. The summed E-state index contributed by atoms with van der Waals surface area (Å²) in [6, 6.07) is 53.0. The second-order valence-electron chi connectivity index (χ2n) is 14.8. The van der Waals surface area contributed by atoms with E-state index >= 15 is 0 Å². The first-order chi connectivity index (χ1) is 29.1. The Hall–Kier alpha value is -5.87. The Bertz CT molecular complexity index is 2820. The summed E-state index contributed by atoms with van der Waals surface area (Å²) < 4.78 is 52.0. The number of para-hydroxylation sites is 3. The molecule has 0 N–H and O–H groups in total. The first-order valence-electron chi connectivity index (χ1n) is 21.3. The second kappa shape index (κ2) is 16.5. The first kappa shape index (κ1) is 31.3. The van der Waals surface area contributed by atoms with Crippen molar-refractivity contribution in [2.75, 3.05) is 0 Å². The van der Waals surface area contributed by atoms with Crippen molar-refractivity contribution in [1.29, 1.82) is 0 Å². The van der Waals surface area contributed by atoms with Crippen LogP contribution < -0.4 is 0 Å². The minimum absolute atomic E-state index is 0. The maximum atomic E-state index is 7.28. The monoisotopic (exact) mass is 912 g/mol. The van der Waals surface area contributed by atoms with E-state index in [2.05, 4.69) is 158 Å². The van der Waals surface area contributed by atoms with E-state index in [0.717, 1.165) is 67.8 Å². The van der Waals surface area contributed by atoms with E-state index in [1.165, 1.54) is 30.0 Å². The number of nitrogens with zero attached hydrogens (tertiary/aromatic N) is 3. The Labute approximate surface area is 351 Å². The predicted octanol–water partition coefficient (Wildman–Crippen LogP) is 13.3. The Morgan fingerprint density at radius 1 is 0.714 bits per heavy atom. The van der Waals surface area contributed by atoms with Gasteiger partial charge in [0.15, 0.2) is 0 Å². The maximum Gasteiger partial charge on any atom is 0.0774 e. The van der Waals surface area contributed by atoms with Crippen molar-refractivity contribution in [2.45, 2.75) is 40.9 Å². The van der Waals surface area contributed by atoms with E-state index in [4.69, 9.17) is 17.6 Å². The molecule has 0 bridgehead atoms. The minimum Gasteiger partial charge on any atom is -0.557 e. The van der Waals surface area contributed by atoms with Gasteiger partial charge in [-0.3, -0.25) is 4.98 Å². The van der Waals surface area contributed by atoms with Crippen molar-refractivity contribution in [3.05, 3.63) is 187 Å². The number of aromatic nitrogens is 3. The molecule has 0 spiro atoms. The molecule has 9 rings (SSSR count). The fourth-order valence-electron chi connectivity index (χ4n) is 6.95. The summed E-state index contributed by atoms with van der Waals surface area (Å²) >= 11 is 0. The molecule has 0 fully saturated rings. The van der Waals surface area contributed by atoms with Crippen molar-refractivity contribution in [2.24, 2.45) is 5.41 Å². The van der Waals surface area contributed by atoms with Crippen LogP contribution in [0, 0.1) is 31.4 Å². The van der Waals surface area contributed by atoms with Gasteiger partial charge < -0.3 is 14.0 Å². The summed E-state index contributed by atoms with van der Waals surface area (Å²) in [4.78, 5) is 9.30. The quantitative estimate of drug-likeness (QED) is 0.156. The summed E-state index contributed by atoms with van der Waals surface area (Å²) in [7, 11) is 0. The van der Waals surface area contributed by atoms with Gasteiger partial charge >= 0.3 is 0 Å². The molecule has 3 heterocycles.